The van der Waals surface area contributed by atoms with Gasteiger partial charge in [0.25, 0.3) is 5.91 Å². The maximum absolute atomic E-state index is 12.7. The van der Waals surface area contributed by atoms with E-state index in [1.807, 2.05) is 32.0 Å². The summed E-state index contributed by atoms with van der Waals surface area (Å²) in [4.78, 5) is 26.6. The predicted octanol–water partition coefficient (Wildman–Crippen LogP) is 2.90. The monoisotopic (exact) mass is 374 g/mol. The van der Waals surface area contributed by atoms with Crippen LogP contribution in [0.5, 0.6) is 0 Å². The fraction of sp³-hybridized carbons (Fsp3) is 0.421. The summed E-state index contributed by atoms with van der Waals surface area (Å²) in [6.45, 7) is 5.05. The normalized spacial score (nSPS) is 15.3. The zero-order valence-corrected chi connectivity index (χ0v) is 15.7. The lowest BCUT2D eigenvalue weighted by molar-refractivity contribution is -0.126. The van der Waals surface area contributed by atoms with E-state index in [1.165, 1.54) is 0 Å². The van der Waals surface area contributed by atoms with Crippen molar-refractivity contribution < 1.29 is 9.59 Å². The van der Waals surface area contributed by atoms with Crippen molar-refractivity contribution in [1.82, 2.24) is 20.0 Å². The highest BCUT2D eigenvalue weighted by Crippen LogP contribution is 2.22. The van der Waals surface area contributed by atoms with Crippen LogP contribution in [0.25, 0.3) is 5.69 Å². The van der Waals surface area contributed by atoms with E-state index in [1.54, 1.807) is 28.0 Å². The quantitative estimate of drug-likeness (QED) is 0.894. The Kier molecular flexibility index (Phi) is 5.61. The summed E-state index contributed by atoms with van der Waals surface area (Å²) in [5.41, 5.74) is 1.26. The van der Waals surface area contributed by atoms with Crippen LogP contribution in [0.4, 0.5) is 0 Å². The molecule has 0 spiro atoms. The van der Waals surface area contributed by atoms with Crippen LogP contribution in [0.1, 0.15) is 37.0 Å². The van der Waals surface area contributed by atoms with Gasteiger partial charge in [0.05, 0.1) is 22.5 Å². The van der Waals surface area contributed by atoms with Gasteiger partial charge in [0.15, 0.2) is 0 Å². The van der Waals surface area contributed by atoms with Gasteiger partial charge in [-0.3, -0.25) is 9.59 Å². The molecule has 7 heteroatoms. The van der Waals surface area contributed by atoms with Gasteiger partial charge < -0.3 is 10.2 Å². The maximum atomic E-state index is 12.7. The fourth-order valence-corrected chi connectivity index (χ4v) is 3.35. The van der Waals surface area contributed by atoms with Crippen molar-refractivity contribution in [3.05, 3.63) is 47.2 Å². The first-order chi connectivity index (χ1) is 12.5. The lowest BCUT2D eigenvalue weighted by Gasteiger charge is -2.31. The number of nitrogens with one attached hydrogen (secondary N) is 1. The first-order valence-corrected chi connectivity index (χ1v) is 9.22. The van der Waals surface area contributed by atoms with Crippen molar-refractivity contribution in [2.24, 2.45) is 5.92 Å². The molecule has 2 aromatic rings. The number of piperidine rings is 1. The van der Waals surface area contributed by atoms with Gasteiger partial charge in [-0.1, -0.05) is 23.7 Å². The number of carbonyl (C=O) groups is 2. The lowest BCUT2D eigenvalue weighted by Crippen LogP contribution is -2.44. The molecule has 0 saturated carbocycles. The number of hydrogen-bond acceptors (Lipinski definition) is 3. The van der Waals surface area contributed by atoms with Crippen LogP contribution in [0.15, 0.2) is 36.7 Å². The molecule has 0 radical (unpaired) electrons. The molecule has 1 aliphatic heterocycles. The van der Waals surface area contributed by atoms with Gasteiger partial charge in [0.1, 0.15) is 0 Å². The highest BCUT2D eigenvalue weighted by Gasteiger charge is 2.28. The molecule has 1 fully saturated rings. The summed E-state index contributed by atoms with van der Waals surface area (Å²) in [7, 11) is 0. The van der Waals surface area contributed by atoms with E-state index in [9.17, 15) is 9.59 Å². The summed E-state index contributed by atoms with van der Waals surface area (Å²) in [5.74, 6) is -0.00282. The Bertz CT molecular complexity index is 794. The third-order valence-corrected chi connectivity index (χ3v) is 4.83. The largest absolute Gasteiger partial charge is 0.354 e. The topological polar surface area (TPSA) is 67.2 Å². The van der Waals surface area contributed by atoms with Crippen LogP contribution in [-0.2, 0) is 4.79 Å². The lowest BCUT2D eigenvalue weighted by atomic mass is 9.95. The minimum absolute atomic E-state index is 0.0210. The molecule has 0 atom stereocenters. The smallest absolute Gasteiger partial charge is 0.257 e. The first kappa shape index (κ1) is 18.5. The average Bonchev–Trinajstić information content (AvgIpc) is 3.11. The molecular formula is C19H23ClN4O2. The Morgan fingerprint density at radius 1 is 1.23 bits per heavy atom. The molecule has 1 aliphatic rings. The molecule has 2 amide bonds. The number of carbonyl (C=O) groups excluding carboxylic acids is 2. The Balaban J connectivity index is 1.63. The van der Waals surface area contributed by atoms with Gasteiger partial charge in [-0.2, -0.15) is 5.10 Å². The van der Waals surface area contributed by atoms with Crippen molar-refractivity contribution >= 4 is 23.4 Å². The number of benzene rings is 1. The van der Waals surface area contributed by atoms with E-state index in [0.29, 0.717) is 36.5 Å². The van der Waals surface area contributed by atoms with E-state index in [-0.39, 0.29) is 23.8 Å². The molecule has 1 N–H and O–H groups in total. The van der Waals surface area contributed by atoms with Gasteiger partial charge in [-0.15, -0.1) is 0 Å². The Morgan fingerprint density at radius 2 is 1.92 bits per heavy atom. The fourth-order valence-electron chi connectivity index (χ4n) is 3.13. The highest BCUT2D eigenvalue weighted by atomic mass is 35.5. The number of halogens is 1. The summed E-state index contributed by atoms with van der Waals surface area (Å²) >= 11 is 6.18. The molecule has 0 bridgehead atoms. The Morgan fingerprint density at radius 3 is 2.58 bits per heavy atom. The summed E-state index contributed by atoms with van der Waals surface area (Å²) in [6, 6.07) is 7.49. The zero-order chi connectivity index (χ0) is 18.7. The van der Waals surface area contributed by atoms with Gasteiger partial charge in [0.2, 0.25) is 5.91 Å². The molecule has 2 heterocycles. The van der Waals surface area contributed by atoms with Gasteiger partial charge in [0, 0.05) is 31.2 Å². The number of rotatable bonds is 4. The van der Waals surface area contributed by atoms with E-state index >= 15 is 0 Å². The number of likely N-dealkylation sites (tertiary alicyclic amines) is 1. The van der Waals surface area contributed by atoms with Crippen LogP contribution < -0.4 is 5.32 Å². The third-order valence-electron chi connectivity index (χ3n) is 4.51. The molecule has 3 rings (SSSR count). The number of para-hydroxylation sites is 1. The minimum Gasteiger partial charge on any atom is -0.354 e. The highest BCUT2D eigenvalue weighted by molar-refractivity contribution is 6.32. The Labute approximate surface area is 158 Å². The summed E-state index contributed by atoms with van der Waals surface area (Å²) in [6.07, 6.45) is 4.62. The van der Waals surface area contributed by atoms with Crippen molar-refractivity contribution in [3.63, 3.8) is 0 Å². The second kappa shape index (κ2) is 7.91. The van der Waals surface area contributed by atoms with Crippen LogP contribution in [0, 0.1) is 5.92 Å². The van der Waals surface area contributed by atoms with E-state index < -0.39 is 0 Å². The molecular weight excluding hydrogens is 352 g/mol. The van der Waals surface area contributed by atoms with Gasteiger partial charge in [-0.05, 0) is 38.8 Å². The number of amides is 2. The molecule has 6 nitrogen and oxygen atoms in total. The van der Waals surface area contributed by atoms with Gasteiger partial charge in [-0.25, -0.2) is 4.68 Å². The minimum atomic E-state index is -0.0639. The zero-order valence-electron chi connectivity index (χ0n) is 15.0. The molecule has 1 saturated heterocycles. The molecule has 138 valence electrons. The van der Waals surface area contributed by atoms with Crippen molar-refractivity contribution in [2.75, 3.05) is 13.1 Å². The van der Waals surface area contributed by atoms with Crippen LogP contribution in [0.3, 0.4) is 0 Å². The van der Waals surface area contributed by atoms with Crippen LogP contribution in [-0.4, -0.2) is 45.6 Å². The van der Waals surface area contributed by atoms with Crippen LogP contribution >= 0.6 is 11.6 Å². The summed E-state index contributed by atoms with van der Waals surface area (Å²) < 4.78 is 1.61. The number of aromatic nitrogens is 2. The number of hydrogen-bond donors (Lipinski definition) is 1. The first-order valence-electron chi connectivity index (χ1n) is 8.85. The second-order valence-electron chi connectivity index (χ2n) is 6.85. The van der Waals surface area contributed by atoms with E-state index in [2.05, 4.69) is 10.4 Å². The summed E-state index contributed by atoms with van der Waals surface area (Å²) in [5, 5.41) is 7.78. The van der Waals surface area contributed by atoms with Crippen molar-refractivity contribution in [2.45, 2.75) is 32.7 Å². The van der Waals surface area contributed by atoms with Crippen molar-refractivity contribution in [3.8, 4) is 5.69 Å². The molecule has 1 aromatic carbocycles. The van der Waals surface area contributed by atoms with Gasteiger partial charge >= 0.3 is 0 Å². The Hall–Kier alpha value is -2.34. The average molecular weight is 375 g/mol. The maximum Gasteiger partial charge on any atom is 0.257 e. The standard InChI is InChI=1S/C19H23ClN4O2/c1-13(2)22-18(25)14-7-9-23(10-8-14)19(26)15-11-21-24(12-15)17-6-4-3-5-16(17)20/h3-6,11-14H,7-10H2,1-2H3,(H,22,25). The van der Waals surface area contributed by atoms with Crippen molar-refractivity contribution in [1.29, 1.82) is 0 Å². The number of nitrogens with zero attached hydrogens (tertiary/aromatic N) is 3. The van der Waals surface area contributed by atoms with E-state index in [0.717, 1.165) is 5.69 Å². The second-order valence-corrected chi connectivity index (χ2v) is 7.26. The molecule has 0 aliphatic carbocycles. The van der Waals surface area contributed by atoms with Crippen LogP contribution in [0.2, 0.25) is 5.02 Å². The molecule has 1 aromatic heterocycles. The predicted molar refractivity (Wildman–Crippen MR) is 100 cm³/mol. The SMILES string of the molecule is CC(C)NC(=O)C1CCN(C(=O)c2cnn(-c3ccccc3Cl)c2)CC1. The third kappa shape index (κ3) is 4.07. The molecule has 0 unspecified atom stereocenters. The molecule has 26 heavy (non-hydrogen) atoms. The van der Waals surface area contributed by atoms with E-state index in [4.69, 9.17) is 11.6 Å².